The summed E-state index contributed by atoms with van der Waals surface area (Å²) in [6.07, 6.45) is 5.94. The molecule has 3 nitrogen and oxygen atoms in total. The largest absolute Gasteiger partial charge is 0.396 e. The van der Waals surface area contributed by atoms with E-state index in [9.17, 15) is 0 Å². The van der Waals surface area contributed by atoms with E-state index in [1.54, 1.807) is 12.4 Å². The third-order valence-corrected chi connectivity index (χ3v) is 2.84. The quantitative estimate of drug-likeness (QED) is 0.805. The summed E-state index contributed by atoms with van der Waals surface area (Å²) in [5.41, 5.74) is 7.83. The van der Waals surface area contributed by atoms with Crippen LogP contribution in [0.1, 0.15) is 13.8 Å². The fraction of sp³-hybridized carbons (Fsp3) is 0.500. The number of anilines is 2. The molecule has 0 aromatic carbocycles. The van der Waals surface area contributed by atoms with Crippen LogP contribution in [0.15, 0.2) is 18.5 Å². The molecule has 2 N–H and O–H groups in total. The Balaban J connectivity index is 0.00000128. The minimum absolute atomic E-state index is 0. The van der Waals surface area contributed by atoms with Crippen molar-refractivity contribution in [2.45, 2.75) is 13.8 Å². The SMILES string of the molecule is C[C@@H]1[CH-][C@H](C)CN(c2ccncc2N)C1.[Y]. The van der Waals surface area contributed by atoms with Gasteiger partial charge in [-0.25, -0.2) is 0 Å². The predicted octanol–water partition coefficient (Wildman–Crippen LogP) is 1.96. The predicted molar refractivity (Wildman–Crippen MR) is 63.5 cm³/mol. The Hall–Kier alpha value is -0.146. The molecule has 0 unspecified atom stereocenters. The Labute approximate surface area is 123 Å². The zero-order valence-corrected chi connectivity index (χ0v) is 12.8. The molecule has 0 aliphatic carbocycles. The van der Waals surface area contributed by atoms with E-state index in [1.807, 2.05) is 6.07 Å². The Morgan fingerprint density at radius 3 is 2.56 bits per heavy atom. The summed E-state index contributed by atoms with van der Waals surface area (Å²) in [4.78, 5) is 6.37. The second kappa shape index (κ2) is 5.97. The first-order valence-corrected chi connectivity index (χ1v) is 5.46. The number of aromatic nitrogens is 1. The van der Waals surface area contributed by atoms with Crippen LogP contribution in [0.4, 0.5) is 11.4 Å². The fourth-order valence-corrected chi connectivity index (χ4v) is 2.34. The zero-order valence-electron chi connectivity index (χ0n) is 9.93. The molecule has 1 saturated heterocycles. The van der Waals surface area contributed by atoms with E-state index in [4.69, 9.17) is 5.73 Å². The minimum atomic E-state index is 0. The van der Waals surface area contributed by atoms with Gasteiger partial charge < -0.3 is 17.1 Å². The van der Waals surface area contributed by atoms with Gasteiger partial charge in [-0.2, -0.15) is 11.8 Å². The number of nitrogens with zero attached hydrogens (tertiary/aromatic N) is 2. The van der Waals surface area contributed by atoms with Crippen molar-refractivity contribution in [2.75, 3.05) is 23.7 Å². The van der Waals surface area contributed by atoms with Crippen molar-refractivity contribution < 1.29 is 32.7 Å². The fourth-order valence-electron chi connectivity index (χ4n) is 2.34. The van der Waals surface area contributed by atoms with Crippen LogP contribution >= 0.6 is 0 Å². The summed E-state index contributed by atoms with van der Waals surface area (Å²) in [5.74, 6) is 1.25. The van der Waals surface area contributed by atoms with Crippen molar-refractivity contribution in [2.24, 2.45) is 11.8 Å². The molecule has 2 atom stereocenters. The van der Waals surface area contributed by atoms with Crippen LogP contribution in [0.25, 0.3) is 0 Å². The van der Waals surface area contributed by atoms with Crippen molar-refractivity contribution in [3.63, 3.8) is 0 Å². The van der Waals surface area contributed by atoms with Crippen molar-refractivity contribution in [3.8, 4) is 0 Å². The van der Waals surface area contributed by atoms with Gasteiger partial charge in [-0.05, 0) is 19.2 Å². The van der Waals surface area contributed by atoms with Crippen molar-refractivity contribution in [1.29, 1.82) is 0 Å². The summed E-state index contributed by atoms with van der Waals surface area (Å²) < 4.78 is 0. The number of rotatable bonds is 1. The van der Waals surface area contributed by atoms with Gasteiger partial charge in [-0.1, -0.05) is 13.8 Å². The standard InChI is InChI=1S/C12H18N3.Y/c1-9-5-10(2)8-15(7-9)12-3-4-14-6-11(12)13;/h3-6,9-10H,7-8,13H2,1-2H3;/q-1;/t9-,10+;. The topological polar surface area (TPSA) is 42.2 Å². The first-order valence-electron chi connectivity index (χ1n) is 5.46. The molecule has 16 heavy (non-hydrogen) atoms. The molecule has 1 aromatic rings. The maximum Gasteiger partial charge on any atom is 0.0738 e. The summed E-state index contributed by atoms with van der Waals surface area (Å²) in [7, 11) is 0. The zero-order chi connectivity index (χ0) is 10.8. The average Bonchev–Trinajstić information content (AvgIpc) is 2.16. The molecular formula is C12H18N3Y-. The van der Waals surface area contributed by atoms with Crippen LogP contribution in [0.2, 0.25) is 0 Å². The Morgan fingerprint density at radius 1 is 1.38 bits per heavy atom. The number of piperidine rings is 1. The molecular weight excluding hydrogens is 275 g/mol. The van der Waals surface area contributed by atoms with Gasteiger partial charge in [-0.15, -0.1) is 0 Å². The summed E-state index contributed by atoms with van der Waals surface area (Å²) in [6, 6.07) is 2.00. The van der Waals surface area contributed by atoms with E-state index in [0.717, 1.165) is 24.5 Å². The second-order valence-electron chi connectivity index (χ2n) is 4.49. The smallest absolute Gasteiger partial charge is 0.0738 e. The molecule has 2 heterocycles. The van der Waals surface area contributed by atoms with Crippen LogP contribution in [-0.2, 0) is 32.7 Å². The van der Waals surface area contributed by atoms with Gasteiger partial charge in [0.05, 0.1) is 17.6 Å². The number of nitrogens with two attached hydrogens (primary N) is 1. The molecule has 0 bridgehead atoms. The van der Waals surface area contributed by atoms with Crippen LogP contribution in [0.5, 0.6) is 0 Å². The molecule has 1 aliphatic heterocycles. The van der Waals surface area contributed by atoms with Crippen molar-refractivity contribution in [3.05, 3.63) is 24.9 Å². The summed E-state index contributed by atoms with van der Waals surface area (Å²) >= 11 is 0. The first-order chi connectivity index (χ1) is 7.16. The minimum Gasteiger partial charge on any atom is -0.396 e. The van der Waals surface area contributed by atoms with Gasteiger partial charge >= 0.3 is 0 Å². The van der Waals surface area contributed by atoms with Gasteiger partial charge in [0.2, 0.25) is 0 Å². The molecule has 85 valence electrons. The van der Waals surface area contributed by atoms with E-state index >= 15 is 0 Å². The van der Waals surface area contributed by atoms with E-state index in [0.29, 0.717) is 11.8 Å². The van der Waals surface area contributed by atoms with Crippen LogP contribution < -0.4 is 10.6 Å². The van der Waals surface area contributed by atoms with E-state index < -0.39 is 0 Å². The van der Waals surface area contributed by atoms with Gasteiger partial charge in [0.15, 0.2) is 0 Å². The summed E-state index contributed by atoms with van der Waals surface area (Å²) in [5, 5.41) is 0. The van der Waals surface area contributed by atoms with Gasteiger partial charge in [-0.3, -0.25) is 4.98 Å². The molecule has 1 aliphatic rings. The molecule has 1 fully saturated rings. The normalized spacial score (nSPS) is 25.0. The molecule has 0 amide bonds. The Kier molecular flexibility index (Phi) is 5.19. The molecule has 1 aromatic heterocycles. The van der Waals surface area contributed by atoms with Gasteiger partial charge in [0, 0.05) is 38.9 Å². The van der Waals surface area contributed by atoms with Gasteiger partial charge in [0.1, 0.15) is 0 Å². The molecule has 0 spiro atoms. The third kappa shape index (κ3) is 3.17. The molecule has 1 radical (unpaired) electrons. The number of hydrogen-bond acceptors (Lipinski definition) is 3. The van der Waals surface area contributed by atoms with E-state index in [-0.39, 0.29) is 32.7 Å². The van der Waals surface area contributed by atoms with E-state index in [2.05, 4.69) is 30.2 Å². The van der Waals surface area contributed by atoms with Crippen LogP contribution in [0, 0.1) is 18.3 Å². The Bertz CT molecular complexity index is 333. The van der Waals surface area contributed by atoms with Crippen molar-refractivity contribution in [1.82, 2.24) is 4.98 Å². The van der Waals surface area contributed by atoms with Crippen LogP contribution in [0.3, 0.4) is 0 Å². The monoisotopic (exact) mass is 293 g/mol. The second-order valence-corrected chi connectivity index (χ2v) is 4.49. The Morgan fingerprint density at radius 2 is 2.00 bits per heavy atom. The maximum atomic E-state index is 5.93. The third-order valence-electron chi connectivity index (χ3n) is 2.84. The van der Waals surface area contributed by atoms with E-state index in [1.165, 1.54) is 0 Å². The average molecular weight is 293 g/mol. The molecule has 2 rings (SSSR count). The molecule has 4 heteroatoms. The van der Waals surface area contributed by atoms with Gasteiger partial charge in [0.25, 0.3) is 0 Å². The molecule has 0 saturated carbocycles. The van der Waals surface area contributed by atoms with Crippen molar-refractivity contribution >= 4 is 11.4 Å². The number of hydrogen-bond donors (Lipinski definition) is 1. The first kappa shape index (κ1) is 13.9. The summed E-state index contributed by atoms with van der Waals surface area (Å²) in [6.45, 7) is 6.61. The number of pyridine rings is 1. The maximum absolute atomic E-state index is 5.93. The van der Waals surface area contributed by atoms with Crippen LogP contribution in [-0.4, -0.2) is 18.1 Å². The number of nitrogen functional groups attached to an aromatic ring is 1.